The van der Waals surface area contributed by atoms with Crippen LogP contribution in [0.2, 0.25) is 5.02 Å². The van der Waals surface area contributed by atoms with Crippen LogP contribution in [0.1, 0.15) is 5.69 Å². The third kappa shape index (κ3) is 3.58. The second-order valence-corrected chi connectivity index (χ2v) is 5.58. The molecule has 7 heteroatoms. The third-order valence-corrected chi connectivity index (χ3v) is 4.05. The minimum Gasteiger partial charge on any atom is -0.497 e. The summed E-state index contributed by atoms with van der Waals surface area (Å²) in [6.45, 7) is 4.55. The molecule has 0 aliphatic carbocycles. The largest absolute Gasteiger partial charge is 0.497 e. The van der Waals surface area contributed by atoms with Gasteiger partial charge in [-0.3, -0.25) is 4.90 Å². The first kappa shape index (κ1) is 15.3. The number of hydrogen-bond acceptors (Lipinski definition) is 5. The van der Waals surface area contributed by atoms with Gasteiger partial charge in [-0.15, -0.1) is 5.10 Å². The lowest BCUT2D eigenvalue weighted by Gasteiger charge is -2.25. The smallest absolute Gasteiger partial charge is 0.121 e. The monoisotopic (exact) mass is 322 g/mol. The Balaban J connectivity index is 1.68. The van der Waals surface area contributed by atoms with Crippen LogP contribution in [0.15, 0.2) is 24.4 Å². The molecule has 1 aliphatic heterocycles. The molecule has 1 aromatic heterocycles. The minimum atomic E-state index is 0.616. The van der Waals surface area contributed by atoms with Crippen LogP contribution in [0.5, 0.6) is 5.75 Å². The van der Waals surface area contributed by atoms with E-state index < -0.39 is 0 Å². The van der Waals surface area contributed by atoms with E-state index in [2.05, 4.69) is 15.2 Å². The molecule has 0 radical (unpaired) electrons. The van der Waals surface area contributed by atoms with Crippen molar-refractivity contribution >= 4 is 11.6 Å². The van der Waals surface area contributed by atoms with Crippen molar-refractivity contribution < 1.29 is 9.47 Å². The standard InChI is InChI=1S/C15H19ClN4O2/c1-21-13-2-3-14(16)15(10-13)20-11-12(17-18-20)4-5-19-6-8-22-9-7-19/h2-3,10-11H,4-9H2,1H3. The van der Waals surface area contributed by atoms with E-state index in [9.17, 15) is 0 Å². The Bertz CT molecular complexity index is 626. The molecule has 0 amide bonds. The summed E-state index contributed by atoms with van der Waals surface area (Å²) in [6.07, 6.45) is 2.78. The molecule has 0 spiro atoms. The summed E-state index contributed by atoms with van der Waals surface area (Å²) in [5.74, 6) is 0.741. The average molecular weight is 323 g/mol. The fourth-order valence-electron chi connectivity index (χ4n) is 2.42. The number of aromatic nitrogens is 3. The lowest BCUT2D eigenvalue weighted by molar-refractivity contribution is 0.0383. The van der Waals surface area contributed by atoms with Crippen LogP contribution in [0, 0.1) is 0 Å². The Morgan fingerprint density at radius 1 is 1.32 bits per heavy atom. The molecule has 0 N–H and O–H groups in total. The first-order chi connectivity index (χ1) is 10.8. The van der Waals surface area contributed by atoms with Crippen molar-refractivity contribution in [2.45, 2.75) is 6.42 Å². The highest BCUT2D eigenvalue weighted by Gasteiger charge is 2.12. The maximum Gasteiger partial charge on any atom is 0.121 e. The summed E-state index contributed by atoms with van der Waals surface area (Å²) < 4.78 is 12.3. The van der Waals surface area contributed by atoms with Crippen molar-refractivity contribution in [1.29, 1.82) is 0 Å². The summed E-state index contributed by atoms with van der Waals surface area (Å²) >= 11 is 6.23. The number of methoxy groups -OCH3 is 1. The van der Waals surface area contributed by atoms with Crippen molar-refractivity contribution in [3.8, 4) is 11.4 Å². The first-order valence-electron chi connectivity index (χ1n) is 7.31. The highest BCUT2D eigenvalue weighted by Crippen LogP contribution is 2.24. The van der Waals surface area contributed by atoms with Crippen LogP contribution >= 0.6 is 11.6 Å². The molecule has 0 saturated carbocycles. The number of halogens is 1. The summed E-state index contributed by atoms with van der Waals surface area (Å²) in [7, 11) is 1.63. The normalized spacial score (nSPS) is 15.9. The topological polar surface area (TPSA) is 52.4 Å². The summed E-state index contributed by atoms with van der Waals surface area (Å²) in [4.78, 5) is 2.38. The van der Waals surface area contributed by atoms with Gasteiger partial charge in [0.05, 0.1) is 42.9 Å². The van der Waals surface area contributed by atoms with Gasteiger partial charge in [0.15, 0.2) is 0 Å². The fourth-order valence-corrected chi connectivity index (χ4v) is 2.63. The number of hydrogen-bond donors (Lipinski definition) is 0. The van der Waals surface area contributed by atoms with E-state index in [1.54, 1.807) is 17.9 Å². The molecular weight excluding hydrogens is 304 g/mol. The van der Waals surface area contributed by atoms with Gasteiger partial charge in [0.2, 0.25) is 0 Å². The van der Waals surface area contributed by atoms with E-state index in [4.69, 9.17) is 21.1 Å². The van der Waals surface area contributed by atoms with Gasteiger partial charge >= 0.3 is 0 Å². The zero-order valence-corrected chi connectivity index (χ0v) is 13.3. The predicted molar refractivity (Wildman–Crippen MR) is 83.9 cm³/mol. The van der Waals surface area contributed by atoms with Crippen molar-refractivity contribution in [3.05, 3.63) is 35.1 Å². The van der Waals surface area contributed by atoms with Crippen LogP contribution < -0.4 is 4.74 Å². The summed E-state index contributed by atoms with van der Waals surface area (Å²) in [6, 6.07) is 5.47. The van der Waals surface area contributed by atoms with E-state index in [1.165, 1.54) is 0 Å². The van der Waals surface area contributed by atoms with Gasteiger partial charge in [0.1, 0.15) is 5.75 Å². The van der Waals surface area contributed by atoms with Crippen LogP contribution in [-0.2, 0) is 11.2 Å². The van der Waals surface area contributed by atoms with Crippen LogP contribution in [0.25, 0.3) is 5.69 Å². The maximum atomic E-state index is 6.23. The van der Waals surface area contributed by atoms with Crippen molar-refractivity contribution in [2.75, 3.05) is 40.0 Å². The van der Waals surface area contributed by atoms with Gasteiger partial charge in [-0.05, 0) is 12.1 Å². The average Bonchev–Trinajstić information content (AvgIpc) is 3.03. The minimum absolute atomic E-state index is 0.616. The van der Waals surface area contributed by atoms with Crippen molar-refractivity contribution in [1.82, 2.24) is 19.9 Å². The Labute approximate surface area is 134 Å². The lowest BCUT2D eigenvalue weighted by atomic mass is 10.3. The molecule has 0 unspecified atom stereocenters. The number of nitrogens with zero attached hydrogens (tertiary/aromatic N) is 4. The highest BCUT2D eigenvalue weighted by atomic mass is 35.5. The predicted octanol–water partition coefficient (Wildman–Crippen LogP) is 1.80. The Kier molecular flexibility index (Phi) is 4.92. The Hall–Kier alpha value is -1.63. The van der Waals surface area contributed by atoms with E-state index in [1.807, 2.05) is 18.3 Å². The summed E-state index contributed by atoms with van der Waals surface area (Å²) in [5.41, 5.74) is 1.72. The molecule has 0 atom stereocenters. The molecule has 2 aromatic rings. The molecule has 6 nitrogen and oxygen atoms in total. The van der Waals surface area contributed by atoms with Crippen LogP contribution in [0.3, 0.4) is 0 Å². The Morgan fingerprint density at radius 2 is 2.14 bits per heavy atom. The number of morpholine rings is 1. The van der Waals surface area contributed by atoms with Gasteiger partial charge in [-0.1, -0.05) is 16.8 Å². The summed E-state index contributed by atoms with van der Waals surface area (Å²) in [5, 5.41) is 9.02. The molecule has 1 saturated heterocycles. The molecule has 118 valence electrons. The van der Waals surface area contributed by atoms with Gasteiger partial charge in [0.25, 0.3) is 0 Å². The number of rotatable bonds is 5. The fraction of sp³-hybridized carbons (Fsp3) is 0.467. The molecule has 2 heterocycles. The van der Waals surface area contributed by atoms with E-state index >= 15 is 0 Å². The SMILES string of the molecule is COc1ccc(Cl)c(-n2cc(CCN3CCOCC3)nn2)c1. The second kappa shape index (κ2) is 7.09. The van der Waals surface area contributed by atoms with Crippen molar-refractivity contribution in [3.63, 3.8) is 0 Å². The van der Waals surface area contributed by atoms with Gasteiger partial charge < -0.3 is 9.47 Å². The Morgan fingerprint density at radius 3 is 2.91 bits per heavy atom. The van der Waals surface area contributed by atoms with Crippen LogP contribution in [0.4, 0.5) is 0 Å². The van der Waals surface area contributed by atoms with Gasteiger partial charge in [0, 0.05) is 32.1 Å². The van der Waals surface area contributed by atoms with E-state index in [-0.39, 0.29) is 0 Å². The van der Waals surface area contributed by atoms with Gasteiger partial charge in [-0.2, -0.15) is 0 Å². The number of ether oxygens (including phenoxy) is 2. The molecule has 22 heavy (non-hydrogen) atoms. The molecule has 0 bridgehead atoms. The quantitative estimate of drug-likeness (QED) is 0.840. The zero-order valence-electron chi connectivity index (χ0n) is 12.5. The van der Waals surface area contributed by atoms with Gasteiger partial charge in [-0.25, -0.2) is 4.68 Å². The molecule has 1 aliphatic rings. The van der Waals surface area contributed by atoms with Crippen LogP contribution in [-0.4, -0.2) is 59.9 Å². The molecular formula is C15H19ClN4O2. The lowest BCUT2D eigenvalue weighted by Crippen LogP contribution is -2.37. The van der Waals surface area contributed by atoms with Crippen molar-refractivity contribution in [2.24, 2.45) is 0 Å². The number of benzene rings is 1. The molecule has 1 fully saturated rings. The molecule has 3 rings (SSSR count). The van der Waals surface area contributed by atoms with E-state index in [0.29, 0.717) is 5.02 Å². The highest BCUT2D eigenvalue weighted by molar-refractivity contribution is 6.32. The molecule has 1 aromatic carbocycles. The first-order valence-corrected chi connectivity index (χ1v) is 7.69. The zero-order chi connectivity index (χ0) is 15.4. The second-order valence-electron chi connectivity index (χ2n) is 5.18. The third-order valence-electron chi connectivity index (χ3n) is 3.73. The maximum absolute atomic E-state index is 6.23. The van der Waals surface area contributed by atoms with E-state index in [0.717, 1.165) is 56.4 Å².